The Hall–Kier alpha value is -3.42. The van der Waals surface area contributed by atoms with Crippen LogP contribution in [0.1, 0.15) is 42.5 Å². The SMILES string of the molecule is O=C(NCCNC(=O)C1CCCCC1)c1cc([N+](=O)[O-])ccc1Oc1ccccc1. The van der Waals surface area contributed by atoms with Crippen LogP contribution in [0.2, 0.25) is 0 Å². The van der Waals surface area contributed by atoms with Crippen molar-refractivity contribution < 1.29 is 19.2 Å². The lowest BCUT2D eigenvalue weighted by atomic mass is 9.89. The van der Waals surface area contributed by atoms with Crippen molar-refractivity contribution >= 4 is 17.5 Å². The quantitative estimate of drug-likeness (QED) is 0.390. The molecule has 2 N–H and O–H groups in total. The first-order valence-corrected chi connectivity index (χ1v) is 10.1. The van der Waals surface area contributed by atoms with Crippen LogP contribution in [0.4, 0.5) is 5.69 Å². The number of carbonyl (C=O) groups excluding carboxylic acids is 2. The van der Waals surface area contributed by atoms with Crippen molar-refractivity contribution in [3.05, 3.63) is 64.2 Å². The summed E-state index contributed by atoms with van der Waals surface area (Å²) >= 11 is 0. The van der Waals surface area contributed by atoms with Crippen LogP contribution in [-0.2, 0) is 4.79 Å². The molecule has 3 rings (SSSR count). The van der Waals surface area contributed by atoms with E-state index in [0.29, 0.717) is 12.3 Å². The Balaban J connectivity index is 1.60. The van der Waals surface area contributed by atoms with Gasteiger partial charge in [-0.2, -0.15) is 0 Å². The van der Waals surface area contributed by atoms with Gasteiger partial charge in [0.25, 0.3) is 11.6 Å². The second kappa shape index (κ2) is 10.4. The highest BCUT2D eigenvalue weighted by molar-refractivity contribution is 5.97. The minimum atomic E-state index is -0.562. The summed E-state index contributed by atoms with van der Waals surface area (Å²) in [6.07, 6.45) is 5.14. The fraction of sp³-hybridized carbons (Fsp3) is 0.364. The number of carbonyl (C=O) groups is 2. The molecule has 30 heavy (non-hydrogen) atoms. The van der Waals surface area contributed by atoms with Gasteiger partial charge >= 0.3 is 0 Å². The van der Waals surface area contributed by atoms with Gasteiger partial charge in [-0.15, -0.1) is 0 Å². The minimum Gasteiger partial charge on any atom is -0.457 e. The molecule has 0 atom stereocenters. The van der Waals surface area contributed by atoms with Gasteiger partial charge in [0.1, 0.15) is 11.5 Å². The summed E-state index contributed by atoms with van der Waals surface area (Å²) in [7, 11) is 0. The van der Waals surface area contributed by atoms with Crippen molar-refractivity contribution in [3.63, 3.8) is 0 Å². The van der Waals surface area contributed by atoms with Crippen molar-refractivity contribution in [1.29, 1.82) is 0 Å². The average Bonchev–Trinajstić information content (AvgIpc) is 2.77. The number of nitrogens with zero attached hydrogens (tertiary/aromatic N) is 1. The molecule has 0 aliphatic heterocycles. The highest BCUT2D eigenvalue weighted by Crippen LogP contribution is 2.28. The number of non-ortho nitro benzene ring substituents is 1. The fourth-order valence-electron chi connectivity index (χ4n) is 3.48. The monoisotopic (exact) mass is 411 g/mol. The van der Waals surface area contributed by atoms with Gasteiger partial charge < -0.3 is 15.4 Å². The second-order valence-electron chi connectivity index (χ2n) is 7.23. The zero-order valence-electron chi connectivity index (χ0n) is 16.6. The summed E-state index contributed by atoms with van der Waals surface area (Å²) in [4.78, 5) is 35.4. The van der Waals surface area contributed by atoms with Gasteiger partial charge in [0, 0.05) is 31.1 Å². The predicted octanol–water partition coefficient (Wildman–Crippen LogP) is 3.81. The van der Waals surface area contributed by atoms with E-state index in [-0.39, 0.29) is 35.4 Å². The second-order valence-corrected chi connectivity index (χ2v) is 7.23. The molecule has 0 aromatic heterocycles. The molecule has 0 spiro atoms. The highest BCUT2D eigenvalue weighted by atomic mass is 16.6. The van der Waals surface area contributed by atoms with E-state index in [1.54, 1.807) is 24.3 Å². The summed E-state index contributed by atoms with van der Waals surface area (Å²) in [5, 5.41) is 16.7. The van der Waals surface area contributed by atoms with Gasteiger partial charge in [0.05, 0.1) is 10.5 Å². The topological polar surface area (TPSA) is 111 Å². The average molecular weight is 411 g/mol. The molecule has 2 aromatic rings. The zero-order valence-corrected chi connectivity index (χ0v) is 16.6. The molecule has 8 heteroatoms. The molecule has 0 unspecified atom stereocenters. The van der Waals surface area contributed by atoms with Gasteiger partial charge in [-0.3, -0.25) is 19.7 Å². The van der Waals surface area contributed by atoms with Crippen molar-refractivity contribution in [2.24, 2.45) is 5.92 Å². The molecule has 0 heterocycles. The molecular weight excluding hydrogens is 386 g/mol. The molecule has 2 aromatic carbocycles. The van der Waals surface area contributed by atoms with Crippen molar-refractivity contribution in [2.75, 3.05) is 13.1 Å². The summed E-state index contributed by atoms with van der Waals surface area (Å²) in [5.74, 6) is 0.303. The van der Waals surface area contributed by atoms with E-state index in [9.17, 15) is 19.7 Å². The number of benzene rings is 2. The lowest BCUT2D eigenvalue weighted by Gasteiger charge is -2.20. The molecule has 2 amide bonds. The number of nitrogens with one attached hydrogen (secondary N) is 2. The number of hydrogen-bond donors (Lipinski definition) is 2. The van der Waals surface area contributed by atoms with Gasteiger partial charge in [0.15, 0.2) is 0 Å². The Morgan fingerprint density at radius 1 is 1.00 bits per heavy atom. The van der Waals surface area contributed by atoms with Crippen LogP contribution in [-0.4, -0.2) is 29.8 Å². The van der Waals surface area contributed by atoms with Crippen LogP contribution in [0.25, 0.3) is 0 Å². The molecule has 0 bridgehead atoms. The largest absolute Gasteiger partial charge is 0.457 e. The molecule has 1 fully saturated rings. The maximum absolute atomic E-state index is 12.7. The lowest BCUT2D eigenvalue weighted by Crippen LogP contribution is -2.38. The van der Waals surface area contributed by atoms with Gasteiger partial charge in [-0.25, -0.2) is 0 Å². The number of nitro benzene ring substituents is 1. The summed E-state index contributed by atoms with van der Waals surface area (Å²) in [5.41, 5.74) is -0.141. The molecular formula is C22H25N3O5. The van der Waals surface area contributed by atoms with Crippen molar-refractivity contribution in [2.45, 2.75) is 32.1 Å². The van der Waals surface area contributed by atoms with Crippen LogP contribution in [0.15, 0.2) is 48.5 Å². The van der Waals surface area contributed by atoms with E-state index < -0.39 is 10.8 Å². The molecule has 8 nitrogen and oxygen atoms in total. The first-order chi connectivity index (χ1) is 14.5. The van der Waals surface area contributed by atoms with Crippen molar-refractivity contribution in [1.82, 2.24) is 10.6 Å². The number of ether oxygens (including phenoxy) is 1. The first-order valence-electron chi connectivity index (χ1n) is 10.1. The van der Waals surface area contributed by atoms with Crippen LogP contribution >= 0.6 is 0 Å². The Morgan fingerprint density at radius 3 is 2.40 bits per heavy atom. The minimum absolute atomic E-state index is 0.0207. The maximum atomic E-state index is 12.7. The van der Waals surface area contributed by atoms with Crippen LogP contribution in [0, 0.1) is 16.0 Å². The number of para-hydroxylation sites is 1. The summed E-state index contributed by atoms with van der Waals surface area (Å²) in [6.45, 7) is 0.510. The van der Waals surface area contributed by atoms with Crippen LogP contribution < -0.4 is 15.4 Å². The predicted molar refractivity (Wildman–Crippen MR) is 112 cm³/mol. The lowest BCUT2D eigenvalue weighted by molar-refractivity contribution is -0.384. The van der Waals surface area contributed by atoms with Gasteiger partial charge in [-0.05, 0) is 31.0 Å². The molecule has 158 valence electrons. The zero-order chi connectivity index (χ0) is 21.3. The van der Waals surface area contributed by atoms with E-state index in [1.165, 1.54) is 24.6 Å². The third kappa shape index (κ3) is 5.79. The number of rotatable bonds is 8. The molecule has 0 radical (unpaired) electrons. The van der Waals surface area contributed by atoms with Crippen LogP contribution in [0.5, 0.6) is 11.5 Å². The van der Waals surface area contributed by atoms with E-state index >= 15 is 0 Å². The summed E-state index contributed by atoms with van der Waals surface area (Å²) in [6, 6.07) is 12.7. The third-order valence-corrected chi connectivity index (χ3v) is 5.08. The Bertz CT molecular complexity index is 895. The Labute approximate surface area is 174 Å². The van der Waals surface area contributed by atoms with Gasteiger partial charge in [-0.1, -0.05) is 37.5 Å². The van der Waals surface area contributed by atoms with Crippen LogP contribution in [0.3, 0.4) is 0 Å². The normalized spacial score (nSPS) is 14.0. The molecule has 1 aliphatic rings. The van der Waals surface area contributed by atoms with E-state index in [2.05, 4.69) is 10.6 Å². The first kappa shape index (κ1) is 21.3. The van der Waals surface area contributed by atoms with E-state index in [1.807, 2.05) is 6.07 Å². The standard InChI is InChI=1S/C22H25N3O5/c26-21(16-7-3-1-4-8-16)23-13-14-24-22(27)19-15-17(25(28)29)11-12-20(19)30-18-9-5-2-6-10-18/h2,5-6,9-12,15-16H,1,3-4,7-8,13-14H2,(H,23,26)(H,24,27). The number of hydrogen-bond acceptors (Lipinski definition) is 5. The summed E-state index contributed by atoms with van der Waals surface area (Å²) < 4.78 is 5.74. The fourth-order valence-corrected chi connectivity index (χ4v) is 3.48. The highest BCUT2D eigenvalue weighted by Gasteiger charge is 2.21. The van der Waals surface area contributed by atoms with E-state index in [4.69, 9.17) is 4.74 Å². The molecule has 0 saturated heterocycles. The molecule has 1 saturated carbocycles. The molecule has 1 aliphatic carbocycles. The smallest absolute Gasteiger partial charge is 0.270 e. The van der Waals surface area contributed by atoms with Crippen molar-refractivity contribution in [3.8, 4) is 11.5 Å². The Morgan fingerprint density at radius 2 is 1.70 bits per heavy atom. The number of nitro groups is 1. The maximum Gasteiger partial charge on any atom is 0.270 e. The number of amides is 2. The van der Waals surface area contributed by atoms with Gasteiger partial charge in [0.2, 0.25) is 5.91 Å². The third-order valence-electron chi connectivity index (χ3n) is 5.08. The Kier molecular flexibility index (Phi) is 7.37. The van der Waals surface area contributed by atoms with E-state index in [0.717, 1.165) is 25.7 Å².